The zero-order valence-corrected chi connectivity index (χ0v) is 13.9. The molecule has 0 bridgehead atoms. The molecule has 0 fully saturated rings. The van der Waals surface area contributed by atoms with Crippen LogP contribution in [0.2, 0.25) is 0 Å². The Morgan fingerprint density at radius 3 is 2.24 bits per heavy atom. The van der Waals surface area contributed by atoms with E-state index < -0.39 is 0 Å². The van der Waals surface area contributed by atoms with E-state index in [9.17, 15) is 9.59 Å². The van der Waals surface area contributed by atoms with Gasteiger partial charge in [0, 0.05) is 28.8 Å². The van der Waals surface area contributed by atoms with Gasteiger partial charge in [-0.1, -0.05) is 24.3 Å². The fraction of sp³-hybridized carbons (Fsp3) is 0.100. The van der Waals surface area contributed by atoms with E-state index in [1.807, 2.05) is 54.6 Å². The molecule has 0 saturated heterocycles. The summed E-state index contributed by atoms with van der Waals surface area (Å²) in [7, 11) is 0. The second-order valence-corrected chi connectivity index (χ2v) is 5.74. The van der Waals surface area contributed by atoms with Crippen molar-refractivity contribution in [1.82, 2.24) is 4.57 Å². The fourth-order valence-electron chi connectivity index (χ4n) is 2.46. The van der Waals surface area contributed by atoms with Gasteiger partial charge in [-0.3, -0.25) is 9.59 Å². The molecule has 3 rings (SSSR count). The van der Waals surface area contributed by atoms with Crippen LogP contribution in [0.3, 0.4) is 0 Å². The standard InChI is InChI=1S/C20H19N3O2/c1-15-6-5-13-23(20(15)25)14-19(24)22-18-11-9-17(10-12-18)21-16-7-3-2-4-8-16/h2-13,21H,14H2,1H3,(H,22,24). The van der Waals surface area contributed by atoms with Crippen LogP contribution in [0.5, 0.6) is 0 Å². The lowest BCUT2D eigenvalue weighted by atomic mass is 10.2. The van der Waals surface area contributed by atoms with E-state index in [-0.39, 0.29) is 18.0 Å². The average Bonchev–Trinajstić information content (AvgIpc) is 2.62. The first-order chi connectivity index (χ1) is 12.1. The summed E-state index contributed by atoms with van der Waals surface area (Å²) in [6.07, 6.45) is 1.61. The molecule has 0 atom stereocenters. The van der Waals surface area contributed by atoms with Crippen molar-refractivity contribution < 1.29 is 4.79 Å². The Balaban J connectivity index is 1.62. The lowest BCUT2D eigenvalue weighted by Gasteiger charge is -2.10. The Labute approximate surface area is 145 Å². The van der Waals surface area contributed by atoms with Gasteiger partial charge in [0.25, 0.3) is 5.56 Å². The highest BCUT2D eigenvalue weighted by atomic mass is 16.2. The van der Waals surface area contributed by atoms with Gasteiger partial charge in [0.2, 0.25) is 5.91 Å². The van der Waals surface area contributed by atoms with Crippen molar-refractivity contribution in [2.45, 2.75) is 13.5 Å². The molecule has 25 heavy (non-hydrogen) atoms. The van der Waals surface area contributed by atoms with Gasteiger partial charge in [-0.25, -0.2) is 0 Å². The Bertz CT molecular complexity index is 916. The first-order valence-electron chi connectivity index (χ1n) is 8.00. The van der Waals surface area contributed by atoms with Gasteiger partial charge in [-0.05, 0) is 49.4 Å². The number of anilines is 3. The van der Waals surface area contributed by atoms with Crippen LogP contribution in [-0.2, 0) is 11.3 Å². The molecule has 0 aliphatic rings. The van der Waals surface area contributed by atoms with Crippen LogP contribution in [0.25, 0.3) is 0 Å². The fourth-order valence-corrected chi connectivity index (χ4v) is 2.46. The summed E-state index contributed by atoms with van der Waals surface area (Å²) in [6.45, 7) is 1.72. The number of hydrogen-bond donors (Lipinski definition) is 2. The van der Waals surface area contributed by atoms with Gasteiger partial charge in [-0.2, -0.15) is 0 Å². The quantitative estimate of drug-likeness (QED) is 0.751. The third-order valence-corrected chi connectivity index (χ3v) is 3.76. The van der Waals surface area contributed by atoms with Crippen molar-refractivity contribution in [1.29, 1.82) is 0 Å². The summed E-state index contributed by atoms with van der Waals surface area (Å²) in [6, 6.07) is 20.8. The van der Waals surface area contributed by atoms with Crippen molar-refractivity contribution in [3.05, 3.63) is 88.8 Å². The van der Waals surface area contributed by atoms with Gasteiger partial charge in [0.05, 0.1) is 0 Å². The van der Waals surface area contributed by atoms with E-state index in [1.54, 1.807) is 25.3 Å². The van der Waals surface area contributed by atoms with E-state index >= 15 is 0 Å². The summed E-state index contributed by atoms with van der Waals surface area (Å²) in [5.74, 6) is -0.239. The number of pyridine rings is 1. The molecule has 1 amide bonds. The Kier molecular flexibility index (Phi) is 4.95. The number of nitrogens with zero attached hydrogens (tertiary/aromatic N) is 1. The molecular weight excluding hydrogens is 314 g/mol. The highest BCUT2D eigenvalue weighted by Gasteiger charge is 2.06. The monoisotopic (exact) mass is 333 g/mol. The second-order valence-electron chi connectivity index (χ2n) is 5.74. The van der Waals surface area contributed by atoms with Crippen molar-refractivity contribution in [2.24, 2.45) is 0 Å². The van der Waals surface area contributed by atoms with Crippen molar-refractivity contribution in [3.8, 4) is 0 Å². The van der Waals surface area contributed by atoms with Crippen LogP contribution >= 0.6 is 0 Å². The summed E-state index contributed by atoms with van der Waals surface area (Å²) in [5, 5.41) is 6.08. The van der Waals surface area contributed by atoms with Crippen LogP contribution < -0.4 is 16.2 Å². The molecule has 3 aromatic rings. The molecular formula is C20H19N3O2. The van der Waals surface area contributed by atoms with Gasteiger partial charge >= 0.3 is 0 Å². The zero-order valence-electron chi connectivity index (χ0n) is 13.9. The van der Waals surface area contributed by atoms with Crippen LogP contribution in [0.1, 0.15) is 5.56 Å². The number of carbonyl (C=O) groups excluding carboxylic acids is 1. The van der Waals surface area contributed by atoms with Gasteiger partial charge in [0.15, 0.2) is 0 Å². The van der Waals surface area contributed by atoms with Crippen LogP contribution in [-0.4, -0.2) is 10.5 Å². The van der Waals surface area contributed by atoms with Crippen LogP contribution in [0, 0.1) is 6.92 Å². The lowest BCUT2D eigenvalue weighted by molar-refractivity contribution is -0.116. The maximum Gasteiger partial charge on any atom is 0.253 e. The predicted octanol–water partition coefficient (Wildman–Crippen LogP) is 3.54. The molecule has 126 valence electrons. The highest BCUT2D eigenvalue weighted by molar-refractivity contribution is 5.90. The van der Waals surface area contributed by atoms with Gasteiger partial charge in [0.1, 0.15) is 6.54 Å². The summed E-state index contributed by atoms with van der Waals surface area (Å²) < 4.78 is 1.40. The first-order valence-corrected chi connectivity index (χ1v) is 8.00. The topological polar surface area (TPSA) is 63.1 Å². The van der Waals surface area contributed by atoms with E-state index in [2.05, 4.69) is 10.6 Å². The molecule has 1 aromatic heterocycles. The smallest absolute Gasteiger partial charge is 0.253 e. The van der Waals surface area contributed by atoms with Crippen molar-refractivity contribution in [3.63, 3.8) is 0 Å². The predicted molar refractivity (Wildman–Crippen MR) is 100 cm³/mol. The van der Waals surface area contributed by atoms with Crippen molar-refractivity contribution >= 4 is 23.0 Å². The molecule has 0 unspecified atom stereocenters. The maximum absolute atomic E-state index is 12.1. The minimum atomic E-state index is -0.239. The summed E-state index contributed by atoms with van der Waals surface area (Å²) in [5.41, 5.74) is 3.08. The lowest BCUT2D eigenvalue weighted by Crippen LogP contribution is -2.28. The number of hydrogen-bond acceptors (Lipinski definition) is 3. The molecule has 0 saturated carbocycles. The van der Waals surface area contributed by atoms with Crippen LogP contribution in [0.15, 0.2) is 77.7 Å². The molecule has 5 nitrogen and oxygen atoms in total. The molecule has 0 aliphatic carbocycles. The Morgan fingerprint density at radius 2 is 1.52 bits per heavy atom. The number of amides is 1. The Morgan fingerprint density at radius 1 is 0.880 bits per heavy atom. The molecule has 0 aliphatic heterocycles. The maximum atomic E-state index is 12.1. The highest BCUT2D eigenvalue weighted by Crippen LogP contribution is 2.18. The molecule has 1 heterocycles. The molecule has 2 N–H and O–H groups in total. The average molecular weight is 333 g/mol. The number of aromatic nitrogens is 1. The number of para-hydroxylation sites is 1. The third kappa shape index (κ3) is 4.35. The summed E-state index contributed by atoms with van der Waals surface area (Å²) in [4.78, 5) is 24.1. The number of carbonyl (C=O) groups is 1. The molecule has 5 heteroatoms. The van der Waals surface area contributed by atoms with Crippen molar-refractivity contribution in [2.75, 3.05) is 10.6 Å². The molecule has 2 aromatic carbocycles. The SMILES string of the molecule is Cc1cccn(CC(=O)Nc2ccc(Nc3ccccc3)cc2)c1=O. The normalized spacial score (nSPS) is 10.3. The zero-order chi connectivity index (χ0) is 17.6. The van der Waals surface area contributed by atoms with E-state index in [0.717, 1.165) is 11.4 Å². The molecule has 0 spiro atoms. The largest absolute Gasteiger partial charge is 0.356 e. The Hall–Kier alpha value is -3.34. The van der Waals surface area contributed by atoms with E-state index in [0.29, 0.717) is 11.3 Å². The van der Waals surface area contributed by atoms with Gasteiger partial charge < -0.3 is 15.2 Å². The third-order valence-electron chi connectivity index (χ3n) is 3.76. The van der Waals surface area contributed by atoms with E-state index in [4.69, 9.17) is 0 Å². The van der Waals surface area contributed by atoms with Crippen LogP contribution in [0.4, 0.5) is 17.1 Å². The van der Waals surface area contributed by atoms with Gasteiger partial charge in [-0.15, -0.1) is 0 Å². The minimum Gasteiger partial charge on any atom is -0.356 e. The molecule has 0 radical (unpaired) electrons. The number of benzene rings is 2. The number of nitrogens with one attached hydrogen (secondary N) is 2. The van der Waals surface area contributed by atoms with E-state index in [1.165, 1.54) is 4.57 Å². The number of aryl methyl sites for hydroxylation is 1. The first kappa shape index (κ1) is 16.5. The minimum absolute atomic E-state index is 0.00939. The number of rotatable bonds is 5. The summed E-state index contributed by atoms with van der Waals surface area (Å²) >= 11 is 0. The second kappa shape index (κ2) is 7.49.